The maximum atomic E-state index is 14.0. The molecule has 0 unspecified atom stereocenters. The van der Waals surface area contributed by atoms with Gasteiger partial charge in [0.1, 0.15) is 12.6 Å². The predicted molar refractivity (Wildman–Crippen MR) is 162 cm³/mol. The normalized spacial score (nSPS) is 12.9. The van der Waals surface area contributed by atoms with Crippen molar-refractivity contribution in [3.8, 4) is 0 Å². The number of rotatable bonds is 11. The van der Waals surface area contributed by atoms with E-state index in [9.17, 15) is 18.0 Å². The van der Waals surface area contributed by atoms with Crippen LogP contribution in [0, 0.1) is 0 Å². The fraction of sp³-hybridized carbons (Fsp3) is 0.286. The van der Waals surface area contributed by atoms with Gasteiger partial charge in [0.25, 0.3) is 10.0 Å². The third-order valence-electron chi connectivity index (χ3n) is 6.27. The van der Waals surface area contributed by atoms with Crippen LogP contribution in [0.25, 0.3) is 0 Å². The highest BCUT2D eigenvalue weighted by atomic mass is 35.5. The molecule has 0 fully saturated rings. The molecule has 214 valence electrons. The summed E-state index contributed by atoms with van der Waals surface area (Å²) in [7, 11) is -4.25. The van der Waals surface area contributed by atoms with Gasteiger partial charge in [-0.3, -0.25) is 13.9 Å². The van der Waals surface area contributed by atoms with E-state index in [4.69, 9.17) is 46.4 Å². The molecule has 0 aliphatic rings. The molecule has 0 radical (unpaired) electrons. The van der Waals surface area contributed by atoms with Gasteiger partial charge >= 0.3 is 0 Å². The maximum absolute atomic E-state index is 14.0. The SMILES string of the molecule is CC[C@@H](C)NC(=O)[C@H](C)N(Cc1ccc(Cl)cc1Cl)C(=O)CN(c1cc(Cl)cc(Cl)c1)S(=O)(=O)c1ccccc1. The van der Waals surface area contributed by atoms with Crippen molar-refractivity contribution in [2.45, 2.75) is 50.7 Å². The average molecular weight is 645 g/mol. The highest BCUT2D eigenvalue weighted by Gasteiger charge is 2.33. The van der Waals surface area contributed by atoms with E-state index in [1.807, 2.05) is 13.8 Å². The van der Waals surface area contributed by atoms with Crippen LogP contribution in [0.1, 0.15) is 32.8 Å². The third-order valence-corrected chi connectivity index (χ3v) is 9.08. The van der Waals surface area contributed by atoms with E-state index in [0.717, 1.165) is 4.31 Å². The molecular formula is C28H29Cl4N3O4S. The predicted octanol–water partition coefficient (Wildman–Crippen LogP) is 6.83. The molecule has 3 aromatic carbocycles. The second kappa shape index (κ2) is 13.9. The summed E-state index contributed by atoms with van der Waals surface area (Å²) in [5.41, 5.74) is 0.627. The largest absolute Gasteiger partial charge is 0.352 e. The number of benzene rings is 3. The monoisotopic (exact) mass is 643 g/mol. The summed E-state index contributed by atoms with van der Waals surface area (Å²) < 4.78 is 28.5. The average Bonchev–Trinajstić information content (AvgIpc) is 2.90. The van der Waals surface area contributed by atoms with Crippen molar-refractivity contribution in [1.82, 2.24) is 10.2 Å². The van der Waals surface area contributed by atoms with E-state index in [2.05, 4.69) is 5.32 Å². The Bertz CT molecular complexity index is 1450. The highest BCUT2D eigenvalue weighted by molar-refractivity contribution is 7.92. The Kier molecular flexibility index (Phi) is 11.1. The Morgan fingerprint density at radius 2 is 1.50 bits per heavy atom. The zero-order valence-corrected chi connectivity index (χ0v) is 25.9. The van der Waals surface area contributed by atoms with Gasteiger partial charge in [-0.1, -0.05) is 77.6 Å². The third kappa shape index (κ3) is 8.04. The minimum atomic E-state index is -4.25. The van der Waals surface area contributed by atoms with Gasteiger partial charge in [-0.2, -0.15) is 0 Å². The summed E-state index contributed by atoms with van der Waals surface area (Å²) in [5, 5.41) is 3.97. The van der Waals surface area contributed by atoms with E-state index in [1.54, 1.807) is 37.3 Å². The summed E-state index contributed by atoms with van der Waals surface area (Å²) in [5.74, 6) is -1.04. The second-order valence-electron chi connectivity index (χ2n) is 9.20. The zero-order valence-electron chi connectivity index (χ0n) is 22.1. The smallest absolute Gasteiger partial charge is 0.264 e. The van der Waals surface area contributed by atoms with Crippen LogP contribution in [0.15, 0.2) is 71.6 Å². The first kappa shape index (κ1) is 32.0. The van der Waals surface area contributed by atoms with Gasteiger partial charge in [-0.25, -0.2) is 8.42 Å². The molecule has 12 heteroatoms. The lowest BCUT2D eigenvalue weighted by Crippen LogP contribution is -2.52. The molecule has 0 aromatic heterocycles. The molecule has 0 heterocycles. The van der Waals surface area contributed by atoms with E-state index >= 15 is 0 Å². The van der Waals surface area contributed by atoms with Gasteiger partial charge in [0, 0.05) is 32.7 Å². The van der Waals surface area contributed by atoms with Crippen molar-refractivity contribution in [3.63, 3.8) is 0 Å². The minimum absolute atomic E-state index is 0.0336. The first-order chi connectivity index (χ1) is 18.8. The van der Waals surface area contributed by atoms with E-state index in [1.165, 1.54) is 41.3 Å². The molecule has 40 heavy (non-hydrogen) atoms. The molecule has 1 N–H and O–H groups in total. The number of halogens is 4. The van der Waals surface area contributed by atoms with Crippen molar-refractivity contribution in [2.24, 2.45) is 0 Å². The molecule has 0 saturated carbocycles. The summed E-state index contributed by atoms with van der Waals surface area (Å²) >= 11 is 24.9. The Hall–Kier alpha value is -2.49. The Labute approximate surface area is 255 Å². The van der Waals surface area contributed by atoms with Crippen molar-refractivity contribution < 1.29 is 18.0 Å². The number of nitrogens with one attached hydrogen (secondary N) is 1. The zero-order chi connectivity index (χ0) is 29.6. The molecule has 0 bridgehead atoms. The molecule has 0 aliphatic heterocycles. The summed E-state index contributed by atoms with van der Waals surface area (Å²) in [6.45, 7) is 4.64. The molecule has 0 spiro atoms. The van der Waals surface area contributed by atoms with Gasteiger partial charge < -0.3 is 10.2 Å². The first-order valence-electron chi connectivity index (χ1n) is 12.4. The Balaban J connectivity index is 2.07. The maximum Gasteiger partial charge on any atom is 0.264 e. The van der Waals surface area contributed by atoms with Crippen LogP contribution in [-0.4, -0.2) is 43.8 Å². The van der Waals surface area contributed by atoms with Crippen molar-refractivity contribution in [2.75, 3.05) is 10.8 Å². The van der Waals surface area contributed by atoms with Crippen molar-refractivity contribution in [1.29, 1.82) is 0 Å². The highest BCUT2D eigenvalue weighted by Crippen LogP contribution is 2.30. The molecule has 2 atom stereocenters. The van der Waals surface area contributed by atoms with Crippen LogP contribution < -0.4 is 9.62 Å². The van der Waals surface area contributed by atoms with Gasteiger partial charge in [0.15, 0.2) is 0 Å². The summed E-state index contributed by atoms with van der Waals surface area (Å²) in [4.78, 5) is 28.3. The van der Waals surface area contributed by atoms with E-state index in [-0.39, 0.29) is 33.2 Å². The molecule has 2 amide bonds. The number of carbonyl (C=O) groups is 2. The fourth-order valence-corrected chi connectivity index (χ4v) is 6.21. The minimum Gasteiger partial charge on any atom is -0.352 e. The summed E-state index contributed by atoms with van der Waals surface area (Å²) in [6, 6.07) is 15.7. The number of hydrogen-bond acceptors (Lipinski definition) is 4. The lowest BCUT2D eigenvalue weighted by Gasteiger charge is -2.32. The van der Waals surface area contributed by atoms with Crippen molar-refractivity contribution >= 4 is 73.9 Å². The second-order valence-corrected chi connectivity index (χ2v) is 12.8. The van der Waals surface area contributed by atoms with Gasteiger partial charge in [0.2, 0.25) is 11.8 Å². The quantitative estimate of drug-likeness (QED) is 0.248. The van der Waals surface area contributed by atoms with Crippen LogP contribution >= 0.6 is 46.4 Å². The molecular weight excluding hydrogens is 616 g/mol. The lowest BCUT2D eigenvalue weighted by atomic mass is 10.1. The molecule has 0 aliphatic carbocycles. The van der Waals surface area contributed by atoms with Gasteiger partial charge in [0.05, 0.1) is 10.6 Å². The van der Waals surface area contributed by atoms with Crippen LogP contribution in [0.5, 0.6) is 0 Å². The fourth-order valence-electron chi connectivity index (χ4n) is 3.81. The first-order valence-corrected chi connectivity index (χ1v) is 15.4. The number of amides is 2. The number of hydrogen-bond donors (Lipinski definition) is 1. The standard InChI is InChI=1S/C28H29Cl4N3O4S/c1-4-18(2)33-28(37)19(3)34(16-20-10-11-21(29)15-26(20)32)27(36)17-35(24-13-22(30)12-23(31)14-24)40(38,39)25-8-6-5-7-9-25/h5-15,18-19H,4,16-17H2,1-3H3,(H,33,37)/t18-,19+/m1/s1. The van der Waals surface area contributed by atoms with Crippen molar-refractivity contribution in [3.05, 3.63) is 92.4 Å². The molecule has 7 nitrogen and oxygen atoms in total. The van der Waals surface area contributed by atoms with Crippen LogP contribution in [0.4, 0.5) is 5.69 Å². The van der Waals surface area contributed by atoms with Gasteiger partial charge in [-0.05, 0) is 68.3 Å². The molecule has 3 rings (SSSR count). The van der Waals surface area contributed by atoms with Gasteiger partial charge in [-0.15, -0.1) is 0 Å². The number of carbonyl (C=O) groups excluding carboxylic acids is 2. The topological polar surface area (TPSA) is 86.8 Å². The molecule has 0 saturated heterocycles. The van der Waals surface area contributed by atoms with E-state index in [0.29, 0.717) is 22.0 Å². The van der Waals surface area contributed by atoms with E-state index < -0.39 is 34.4 Å². The van der Waals surface area contributed by atoms with Crippen LogP contribution in [-0.2, 0) is 26.2 Å². The van der Waals surface area contributed by atoms with Crippen LogP contribution in [0.2, 0.25) is 20.1 Å². The number of nitrogens with zero attached hydrogens (tertiary/aromatic N) is 2. The number of sulfonamides is 1. The lowest BCUT2D eigenvalue weighted by molar-refractivity contribution is -0.139. The summed E-state index contributed by atoms with van der Waals surface area (Å²) in [6.07, 6.45) is 0.689. The Morgan fingerprint density at radius 3 is 2.08 bits per heavy atom. The Morgan fingerprint density at radius 1 is 0.875 bits per heavy atom. The molecule has 3 aromatic rings. The van der Waals surface area contributed by atoms with Crippen LogP contribution in [0.3, 0.4) is 0 Å². The number of anilines is 1.